The van der Waals surface area contributed by atoms with E-state index in [2.05, 4.69) is 12.1 Å². The zero-order chi connectivity index (χ0) is 10.7. The maximum Gasteiger partial charge on any atom is 0.222 e. The summed E-state index contributed by atoms with van der Waals surface area (Å²) in [6.45, 7) is 3.54. The maximum atomic E-state index is 11.8. The number of hydrogen-bond acceptors (Lipinski definition) is 3. The fourth-order valence-electron chi connectivity index (χ4n) is 1.84. The minimum absolute atomic E-state index is 0.253. The minimum Gasteiger partial charge on any atom is -0.361 e. The van der Waals surface area contributed by atoms with E-state index in [1.807, 2.05) is 4.90 Å². The SMILES string of the molecule is CCCCC(=O)N1CCc2oncc2C1. The van der Waals surface area contributed by atoms with Crippen LogP contribution >= 0.6 is 0 Å². The number of nitrogens with zero attached hydrogens (tertiary/aromatic N) is 2. The molecule has 4 nitrogen and oxygen atoms in total. The molecule has 4 heteroatoms. The lowest BCUT2D eigenvalue weighted by molar-refractivity contribution is -0.132. The maximum absolute atomic E-state index is 11.8. The summed E-state index contributed by atoms with van der Waals surface area (Å²) in [5.74, 6) is 1.19. The van der Waals surface area contributed by atoms with E-state index >= 15 is 0 Å². The molecular weight excluding hydrogens is 192 g/mol. The van der Waals surface area contributed by atoms with Crippen LogP contribution in [0.3, 0.4) is 0 Å². The molecule has 0 saturated heterocycles. The molecule has 0 saturated carbocycles. The van der Waals surface area contributed by atoms with Gasteiger partial charge in [0.25, 0.3) is 0 Å². The van der Waals surface area contributed by atoms with Gasteiger partial charge in [-0.2, -0.15) is 0 Å². The van der Waals surface area contributed by atoms with Crippen LogP contribution in [0.1, 0.15) is 37.5 Å². The van der Waals surface area contributed by atoms with Crippen LogP contribution in [0.4, 0.5) is 0 Å². The smallest absolute Gasteiger partial charge is 0.222 e. The summed E-state index contributed by atoms with van der Waals surface area (Å²) in [6.07, 6.45) is 5.23. The van der Waals surface area contributed by atoms with E-state index in [4.69, 9.17) is 4.52 Å². The van der Waals surface area contributed by atoms with Crippen LogP contribution < -0.4 is 0 Å². The van der Waals surface area contributed by atoms with Crippen molar-refractivity contribution >= 4 is 5.91 Å². The molecule has 1 amide bonds. The lowest BCUT2D eigenvalue weighted by atomic mass is 10.1. The van der Waals surface area contributed by atoms with Crippen LogP contribution in [0.25, 0.3) is 0 Å². The minimum atomic E-state index is 0.253. The average molecular weight is 208 g/mol. The zero-order valence-corrected chi connectivity index (χ0v) is 9.03. The quantitative estimate of drug-likeness (QED) is 0.760. The van der Waals surface area contributed by atoms with E-state index in [1.165, 1.54) is 0 Å². The number of hydrogen-bond donors (Lipinski definition) is 0. The average Bonchev–Trinajstić information content (AvgIpc) is 2.72. The predicted molar refractivity (Wildman–Crippen MR) is 55.1 cm³/mol. The summed E-state index contributed by atoms with van der Waals surface area (Å²) in [4.78, 5) is 13.7. The second-order valence-electron chi connectivity index (χ2n) is 3.94. The van der Waals surface area contributed by atoms with Gasteiger partial charge in [0.15, 0.2) is 0 Å². The normalized spacial score (nSPS) is 15.1. The second kappa shape index (κ2) is 4.47. The number of carbonyl (C=O) groups excluding carboxylic acids is 1. The van der Waals surface area contributed by atoms with E-state index in [0.717, 1.165) is 37.1 Å². The van der Waals surface area contributed by atoms with Crippen molar-refractivity contribution in [3.05, 3.63) is 17.5 Å². The first kappa shape index (κ1) is 10.2. The molecule has 0 aliphatic carbocycles. The van der Waals surface area contributed by atoms with Crippen molar-refractivity contribution in [1.82, 2.24) is 10.1 Å². The Morgan fingerprint density at radius 3 is 3.33 bits per heavy atom. The molecule has 2 heterocycles. The fourth-order valence-corrected chi connectivity index (χ4v) is 1.84. The van der Waals surface area contributed by atoms with Gasteiger partial charge in [0.1, 0.15) is 5.76 Å². The Kier molecular flexibility index (Phi) is 3.04. The number of carbonyl (C=O) groups is 1. The van der Waals surface area contributed by atoms with Crippen molar-refractivity contribution < 1.29 is 9.32 Å². The van der Waals surface area contributed by atoms with E-state index in [0.29, 0.717) is 13.0 Å². The van der Waals surface area contributed by atoms with Gasteiger partial charge in [0, 0.05) is 24.9 Å². The second-order valence-corrected chi connectivity index (χ2v) is 3.94. The number of aromatic nitrogens is 1. The molecule has 0 atom stereocenters. The third-order valence-electron chi connectivity index (χ3n) is 2.80. The first-order valence-electron chi connectivity index (χ1n) is 5.51. The Balaban J connectivity index is 1.94. The molecule has 1 aliphatic rings. The van der Waals surface area contributed by atoms with Gasteiger partial charge in [0.05, 0.1) is 12.7 Å². The van der Waals surface area contributed by atoms with Gasteiger partial charge in [-0.15, -0.1) is 0 Å². The Morgan fingerprint density at radius 2 is 2.53 bits per heavy atom. The molecule has 0 spiro atoms. The monoisotopic (exact) mass is 208 g/mol. The Morgan fingerprint density at radius 1 is 1.67 bits per heavy atom. The molecule has 1 aromatic heterocycles. The summed E-state index contributed by atoms with van der Waals surface area (Å²) in [5.41, 5.74) is 1.06. The van der Waals surface area contributed by atoms with Gasteiger partial charge < -0.3 is 9.42 Å². The largest absolute Gasteiger partial charge is 0.361 e. The van der Waals surface area contributed by atoms with E-state index in [1.54, 1.807) is 6.20 Å². The number of fused-ring (bicyclic) bond motifs is 1. The molecule has 0 bridgehead atoms. The number of unbranched alkanes of at least 4 members (excludes halogenated alkanes) is 1. The van der Waals surface area contributed by atoms with Crippen molar-refractivity contribution in [2.45, 2.75) is 39.2 Å². The highest BCUT2D eigenvalue weighted by atomic mass is 16.5. The molecule has 1 aliphatic heterocycles. The molecule has 82 valence electrons. The van der Waals surface area contributed by atoms with Gasteiger partial charge in [0.2, 0.25) is 5.91 Å². The molecule has 0 aromatic carbocycles. The van der Waals surface area contributed by atoms with Crippen molar-refractivity contribution in [2.75, 3.05) is 6.54 Å². The standard InChI is InChI=1S/C11H16N2O2/c1-2-3-4-11(14)13-6-5-10-9(8-13)7-12-15-10/h7H,2-6,8H2,1H3. The molecule has 2 rings (SSSR count). The fraction of sp³-hybridized carbons (Fsp3) is 0.636. The van der Waals surface area contributed by atoms with Gasteiger partial charge >= 0.3 is 0 Å². The number of amides is 1. The van der Waals surface area contributed by atoms with Gasteiger partial charge in [-0.3, -0.25) is 4.79 Å². The highest BCUT2D eigenvalue weighted by Crippen LogP contribution is 2.18. The highest BCUT2D eigenvalue weighted by Gasteiger charge is 2.22. The third-order valence-corrected chi connectivity index (χ3v) is 2.80. The first-order chi connectivity index (χ1) is 7.31. The lowest BCUT2D eigenvalue weighted by Crippen LogP contribution is -2.35. The van der Waals surface area contributed by atoms with Gasteiger partial charge in [-0.05, 0) is 6.42 Å². The molecule has 0 unspecified atom stereocenters. The van der Waals surface area contributed by atoms with Crippen LogP contribution in [0.5, 0.6) is 0 Å². The third kappa shape index (κ3) is 2.19. The van der Waals surface area contributed by atoms with Crippen LogP contribution in [0.15, 0.2) is 10.7 Å². The predicted octanol–water partition coefficient (Wildman–Crippen LogP) is 1.75. The van der Waals surface area contributed by atoms with Crippen molar-refractivity contribution in [3.8, 4) is 0 Å². The zero-order valence-electron chi connectivity index (χ0n) is 9.03. The molecule has 15 heavy (non-hydrogen) atoms. The topological polar surface area (TPSA) is 46.3 Å². The van der Waals surface area contributed by atoms with Gasteiger partial charge in [-0.1, -0.05) is 18.5 Å². The Hall–Kier alpha value is -1.32. The Bertz CT molecular complexity index is 346. The molecule has 0 N–H and O–H groups in total. The van der Waals surface area contributed by atoms with Crippen molar-refractivity contribution in [2.24, 2.45) is 0 Å². The molecule has 0 fully saturated rings. The summed E-state index contributed by atoms with van der Waals surface area (Å²) >= 11 is 0. The first-order valence-corrected chi connectivity index (χ1v) is 5.51. The van der Waals surface area contributed by atoms with E-state index in [9.17, 15) is 4.79 Å². The summed E-state index contributed by atoms with van der Waals surface area (Å²) < 4.78 is 5.08. The number of rotatable bonds is 3. The van der Waals surface area contributed by atoms with Crippen LogP contribution in [-0.4, -0.2) is 22.5 Å². The van der Waals surface area contributed by atoms with Crippen molar-refractivity contribution in [1.29, 1.82) is 0 Å². The summed E-state index contributed by atoms with van der Waals surface area (Å²) in [5, 5.41) is 3.75. The molecule has 1 aromatic rings. The van der Waals surface area contributed by atoms with Crippen LogP contribution in [0, 0.1) is 0 Å². The van der Waals surface area contributed by atoms with Crippen LogP contribution in [0.2, 0.25) is 0 Å². The lowest BCUT2D eigenvalue weighted by Gasteiger charge is -2.25. The van der Waals surface area contributed by atoms with Crippen molar-refractivity contribution in [3.63, 3.8) is 0 Å². The molecular formula is C11H16N2O2. The van der Waals surface area contributed by atoms with E-state index in [-0.39, 0.29) is 5.91 Å². The highest BCUT2D eigenvalue weighted by molar-refractivity contribution is 5.76. The summed E-state index contributed by atoms with van der Waals surface area (Å²) in [7, 11) is 0. The summed E-state index contributed by atoms with van der Waals surface area (Å²) in [6, 6.07) is 0. The van der Waals surface area contributed by atoms with Gasteiger partial charge in [-0.25, -0.2) is 0 Å². The van der Waals surface area contributed by atoms with E-state index < -0.39 is 0 Å². The Labute approximate surface area is 89.2 Å². The van der Waals surface area contributed by atoms with Crippen LogP contribution in [-0.2, 0) is 17.8 Å². The molecule has 0 radical (unpaired) electrons.